The van der Waals surface area contributed by atoms with Crippen LogP contribution in [0.3, 0.4) is 0 Å². The van der Waals surface area contributed by atoms with Gasteiger partial charge in [0.1, 0.15) is 5.15 Å². The highest BCUT2D eigenvalue weighted by Gasteiger charge is 2.18. The maximum absolute atomic E-state index is 6.04. The van der Waals surface area contributed by atoms with E-state index in [1.807, 2.05) is 12.1 Å². The number of nitrogens with zero attached hydrogens (tertiary/aromatic N) is 3. The fraction of sp³-hybridized carbons (Fsp3) is 0.286. The second-order valence-electron chi connectivity index (χ2n) is 4.70. The molecule has 19 heavy (non-hydrogen) atoms. The van der Waals surface area contributed by atoms with Gasteiger partial charge >= 0.3 is 0 Å². The monoisotopic (exact) mass is 274 g/mol. The van der Waals surface area contributed by atoms with Crippen LogP contribution >= 0.6 is 11.6 Å². The molecule has 0 spiro atoms. The summed E-state index contributed by atoms with van der Waals surface area (Å²) in [5.41, 5.74) is 10.3. The van der Waals surface area contributed by atoms with E-state index in [2.05, 4.69) is 20.9 Å². The predicted octanol–water partition coefficient (Wildman–Crippen LogP) is 2.67. The summed E-state index contributed by atoms with van der Waals surface area (Å²) in [6.45, 7) is 1.75. The molecule has 0 aliphatic carbocycles. The van der Waals surface area contributed by atoms with E-state index < -0.39 is 0 Å². The first-order chi connectivity index (χ1) is 9.24. The van der Waals surface area contributed by atoms with Crippen molar-refractivity contribution in [3.8, 4) is 0 Å². The number of hydrogen-bond donors (Lipinski definition) is 1. The van der Waals surface area contributed by atoms with Gasteiger partial charge in [-0.05, 0) is 30.5 Å². The van der Waals surface area contributed by atoms with Gasteiger partial charge in [0.25, 0.3) is 0 Å². The van der Waals surface area contributed by atoms with Gasteiger partial charge in [-0.1, -0.05) is 17.7 Å². The van der Waals surface area contributed by atoms with Crippen molar-refractivity contribution >= 4 is 23.0 Å². The van der Waals surface area contributed by atoms with Gasteiger partial charge < -0.3 is 10.6 Å². The van der Waals surface area contributed by atoms with E-state index >= 15 is 0 Å². The highest BCUT2D eigenvalue weighted by Crippen LogP contribution is 2.31. The maximum Gasteiger partial charge on any atom is 0.147 e. The van der Waals surface area contributed by atoms with E-state index in [0.29, 0.717) is 5.15 Å². The van der Waals surface area contributed by atoms with Crippen LogP contribution < -0.4 is 10.6 Å². The van der Waals surface area contributed by atoms with Crippen LogP contribution in [0.25, 0.3) is 0 Å². The molecular weight excluding hydrogens is 260 g/mol. The third-order valence-electron chi connectivity index (χ3n) is 3.41. The Morgan fingerprint density at radius 3 is 2.95 bits per heavy atom. The molecule has 0 bridgehead atoms. The van der Waals surface area contributed by atoms with Crippen molar-refractivity contribution in [1.82, 2.24) is 9.97 Å². The van der Waals surface area contributed by atoms with Crippen LogP contribution in [-0.4, -0.2) is 16.5 Å². The van der Waals surface area contributed by atoms with Gasteiger partial charge in [0.2, 0.25) is 0 Å². The summed E-state index contributed by atoms with van der Waals surface area (Å²) in [5, 5.41) is 0.423. The van der Waals surface area contributed by atoms with Crippen molar-refractivity contribution in [3.63, 3.8) is 0 Å². The fourth-order valence-corrected chi connectivity index (χ4v) is 2.61. The zero-order valence-electron chi connectivity index (χ0n) is 10.5. The molecule has 0 radical (unpaired) electrons. The van der Waals surface area contributed by atoms with Crippen LogP contribution in [0.5, 0.6) is 0 Å². The number of nitrogen functional groups attached to an aromatic ring is 1. The van der Waals surface area contributed by atoms with E-state index in [1.54, 1.807) is 12.4 Å². The Labute approximate surface area is 117 Å². The van der Waals surface area contributed by atoms with Crippen molar-refractivity contribution < 1.29 is 0 Å². The second-order valence-corrected chi connectivity index (χ2v) is 5.09. The molecule has 1 aliphatic heterocycles. The first-order valence-corrected chi connectivity index (χ1v) is 6.70. The normalized spacial score (nSPS) is 14.3. The Hall–Kier alpha value is -1.81. The summed E-state index contributed by atoms with van der Waals surface area (Å²) < 4.78 is 0. The summed E-state index contributed by atoms with van der Waals surface area (Å²) in [6, 6.07) is 6.08. The number of fused-ring (bicyclic) bond motifs is 1. The molecule has 2 heterocycles. The molecule has 1 aromatic carbocycles. The fourth-order valence-electron chi connectivity index (χ4n) is 2.51. The second kappa shape index (κ2) is 5.05. The first-order valence-electron chi connectivity index (χ1n) is 6.33. The quantitative estimate of drug-likeness (QED) is 0.856. The molecule has 0 atom stereocenters. The van der Waals surface area contributed by atoms with Gasteiger partial charge in [-0.15, -0.1) is 0 Å². The lowest BCUT2D eigenvalue weighted by molar-refractivity contribution is 0.683. The molecule has 3 rings (SSSR count). The maximum atomic E-state index is 6.04. The van der Waals surface area contributed by atoms with Crippen LogP contribution in [0, 0.1) is 0 Å². The van der Waals surface area contributed by atoms with E-state index in [-0.39, 0.29) is 0 Å². The van der Waals surface area contributed by atoms with Crippen LogP contribution in [0.1, 0.15) is 17.7 Å². The van der Waals surface area contributed by atoms with Gasteiger partial charge in [0.05, 0.1) is 24.6 Å². The standard InChI is InChI=1S/C14H15ClN4/c15-14-8-17-10(7-18-14)9-19-6-2-3-11-12(16)4-1-5-13(11)19/h1,4-5,7-8H,2-3,6,9,16H2. The molecule has 98 valence electrons. The lowest BCUT2D eigenvalue weighted by Gasteiger charge is -2.31. The van der Waals surface area contributed by atoms with Gasteiger partial charge in [-0.2, -0.15) is 0 Å². The minimum Gasteiger partial charge on any atom is -0.398 e. The smallest absolute Gasteiger partial charge is 0.147 e. The Bertz CT molecular complexity index is 582. The summed E-state index contributed by atoms with van der Waals surface area (Å²) >= 11 is 5.75. The van der Waals surface area contributed by atoms with Crippen LogP contribution in [-0.2, 0) is 13.0 Å². The minimum absolute atomic E-state index is 0.423. The average Bonchev–Trinajstić information content (AvgIpc) is 2.43. The van der Waals surface area contributed by atoms with Crippen molar-refractivity contribution in [2.45, 2.75) is 19.4 Å². The molecule has 2 aromatic rings. The molecule has 1 aliphatic rings. The van der Waals surface area contributed by atoms with E-state index in [9.17, 15) is 0 Å². The van der Waals surface area contributed by atoms with Crippen molar-refractivity contribution in [3.05, 3.63) is 47.0 Å². The van der Waals surface area contributed by atoms with Crippen LogP contribution in [0.15, 0.2) is 30.6 Å². The Kier molecular flexibility index (Phi) is 3.25. The number of anilines is 2. The number of benzene rings is 1. The average molecular weight is 275 g/mol. The van der Waals surface area contributed by atoms with Crippen molar-refractivity contribution in [1.29, 1.82) is 0 Å². The topological polar surface area (TPSA) is 55.0 Å². The number of hydrogen-bond acceptors (Lipinski definition) is 4. The summed E-state index contributed by atoms with van der Waals surface area (Å²) in [4.78, 5) is 10.7. The van der Waals surface area contributed by atoms with Gasteiger partial charge in [-0.25, -0.2) is 4.98 Å². The Morgan fingerprint density at radius 2 is 2.16 bits per heavy atom. The lowest BCUT2D eigenvalue weighted by atomic mass is 10.00. The van der Waals surface area contributed by atoms with E-state index in [0.717, 1.165) is 37.3 Å². The molecule has 0 fully saturated rings. The summed E-state index contributed by atoms with van der Waals surface area (Å²) in [6.07, 6.45) is 5.47. The highest BCUT2D eigenvalue weighted by molar-refractivity contribution is 6.29. The van der Waals surface area contributed by atoms with E-state index in [1.165, 1.54) is 11.3 Å². The highest BCUT2D eigenvalue weighted by atomic mass is 35.5. The summed E-state index contributed by atoms with van der Waals surface area (Å²) in [7, 11) is 0. The first kappa shape index (κ1) is 12.2. The molecule has 0 saturated heterocycles. The van der Waals surface area contributed by atoms with Crippen molar-refractivity contribution in [2.75, 3.05) is 17.2 Å². The predicted molar refractivity (Wildman–Crippen MR) is 77.3 cm³/mol. The molecule has 1 aromatic heterocycles. The number of nitrogens with two attached hydrogens (primary N) is 1. The van der Waals surface area contributed by atoms with Crippen LogP contribution in [0.2, 0.25) is 5.15 Å². The largest absolute Gasteiger partial charge is 0.398 e. The zero-order chi connectivity index (χ0) is 13.2. The molecule has 0 amide bonds. The van der Waals surface area contributed by atoms with Gasteiger partial charge in [0, 0.05) is 17.9 Å². The number of rotatable bonds is 2. The Morgan fingerprint density at radius 1 is 1.26 bits per heavy atom. The molecular formula is C14H15ClN4. The molecule has 5 heteroatoms. The SMILES string of the molecule is Nc1cccc2c1CCCN2Cc1cnc(Cl)cn1. The number of aromatic nitrogens is 2. The lowest BCUT2D eigenvalue weighted by Crippen LogP contribution is -2.29. The third kappa shape index (κ3) is 2.49. The third-order valence-corrected chi connectivity index (χ3v) is 3.60. The van der Waals surface area contributed by atoms with Crippen LogP contribution in [0.4, 0.5) is 11.4 Å². The molecule has 4 nitrogen and oxygen atoms in total. The molecule has 0 saturated carbocycles. The molecule has 2 N–H and O–H groups in total. The summed E-state index contributed by atoms with van der Waals surface area (Å²) in [5.74, 6) is 0. The van der Waals surface area contributed by atoms with E-state index in [4.69, 9.17) is 17.3 Å². The van der Waals surface area contributed by atoms with Crippen molar-refractivity contribution in [2.24, 2.45) is 0 Å². The number of halogens is 1. The minimum atomic E-state index is 0.423. The molecule has 0 unspecified atom stereocenters. The van der Waals surface area contributed by atoms with Gasteiger partial charge in [0.15, 0.2) is 0 Å². The zero-order valence-corrected chi connectivity index (χ0v) is 11.3. The Balaban J connectivity index is 1.88. The van der Waals surface area contributed by atoms with Gasteiger partial charge in [-0.3, -0.25) is 4.98 Å².